The number of nitrogens with zero attached hydrogens (tertiary/aromatic N) is 3. The van der Waals surface area contributed by atoms with Crippen molar-refractivity contribution in [1.82, 2.24) is 15.2 Å². The standard InChI is InChI=1S/C25H36ClN4O7PS/c1-4-29(5-2)14-6-8-17(3)30(21-12-13-27-20-16-18(26)10-11-19(20)21)25(34)39-15-7-9-22(31)28-23(24(32)33)38(35,36)37/h10-13,16-17,23H,4-9,14-15H2,1-3H3,(H,28,31)(H,32,33)(H2,35,36,37). The Morgan fingerprint density at radius 3 is 2.46 bits per heavy atom. The van der Waals surface area contributed by atoms with Gasteiger partial charge in [0, 0.05) is 34.8 Å². The van der Waals surface area contributed by atoms with E-state index in [0.29, 0.717) is 16.2 Å². The van der Waals surface area contributed by atoms with Gasteiger partial charge in [-0.2, -0.15) is 0 Å². The number of aromatic nitrogens is 1. The summed E-state index contributed by atoms with van der Waals surface area (Å²) in [5.74, 6) is -4.70. The first kappa shape index (κ1) is 33.0. The minimum atomic E-state index is -5.06. The Labute approximate surface area is 237 Å². The van der Waals surface area contributed by atoms with Gasteiger partial charge in [-0.1, -0.05) is 37.2 Å². The molecule has 0 aliphatic heterocycles. The number of carbonyl (C=O) groups is 3. The minimum absolute atomic E-state index is 0.135. The average Bonchev–Trinajstić information content (AvgIpc) is 2.87. The zero-order chi connectivity index (χ0) is 29.2. The summed E-state index contributed by atoms with van der Waals surface area (Å²) in [5.41, 5.74) is 1.36. The number of halogens is 1. The zero-order valence-electron chi connectivity index (χ0n) is 22.2. The number of thioether (sulfide) groups is 1. The molecule has 39 heavy (non-hydrogen) atoms. The lowest BCUT2D eigenvalue weighted by atomic mass is 10.1. The summed E-state index contributed by atoms with van der Waals surface area (Å²) in [7, 11) is -5.06. The number of amides is 2. The van der Waals surface area contributed by atoms with Crippen LogP contribution in [0.25, 0.3) is 10.9 Å². The van der Waals surface area contributed by atoms with E-state index >= 15 is 0 Å². The van der Waals surface area contributed by atoms with Gasteiger partial charge in [0.25, 0.3) is 5.24 Å². The topological polar surface area (TPSA) is 160 Å². The van der Waals surface area contributed by atoms with Crippen molar-refractivity contribution < 1.29 is 33.8 Å². The summed E-state index contributed by atoms with van der Waals surface area (Å²) >= 11 is 7.17. The normalized spacial score (nSPS) is 13.3. The Morgan fingerprint density at radius 1 is 1.15 bits per heavy atom. The lowest BCUT2D eigenvalue weighted by Crippen LogP contribution is -2.40. The molecule has 1 heterocycles. The van der Waals surface area contributed by atoms with E-state index in [1.54, 1.807) is 29.3 Å². The number of carboxylic acids is 1. The average molecular weight is 603 g/mol. The van der Waals surface area contributed by atoms with Crippen LogP contribution in [0.2, 0.25) is 5.02 Å². The molecule has 0 radical (unpaired) electrons. The van der Waals surface area contributed by atoms with Gasteiger partial charge in [0.2, 0.25) is 11.7 Å². The van der Waals surface area contributed by atoms with Crippen LogP contribution in [-0.4, -0.2) is 79.1 Å². The minimum Gasteiger partial charge on any atom is -0.479 e. The third-order valence-electron chi connectivity index (χ3n) is 6.21. The summed E-state index contributed by atoms with van der Waals surface area (Å²) in [6.45, 7) is 9.04. The molecule has 1 aromatic heterocycles. The van der Waals surface area contributed by atoms with Crippen molar-refractivity contribution >= 4 is 64.7 Å². The van der Waals surface area contributed by atoms with Crippen LogP contribution in [-0.2, 0) is 14.2 Å². The van der Waals surface area contributed by atoms with E-state index in [4.69, 9.17) is 26.5 Å². The molecule has 0 bridgehead atoms. The van der Waals surface area contributed by atoms with Gasteiger partial charge in [0.1, 0.15) is 0 Å². The van der Waals surface area contributed by atoms with E-state index in [1.165, 1.54) is 0 Å². The maximum absolute atomic E-state index is 13.5. The fourth-order valence-corrected chi connectivity index (χ4v) is 5.73. The molecule has 14 heteroatoms. The molecule has 2 atom stereocenters. The number of hydrogen-bond donors (Lipinski definition) is 4. The highest BCUT2D eigenvalue weighted by Crippen LogP contribution is 2.39. The van der Waals surface area contributed by atoms with Crippen molar-refractivity contribution in [2.45, 2.75) is 58.3 Å². The van der Waals surface area contributed by atoms with Crippen molar-refractivity contribution in [2.24, 2.45) is 0 Å². The number of anilines is 1. The Hall–Kier alpha value is -2.21. The summed E-state index contributed by atoms with van der Waals surface area (Å²) < 4.78 is 11.3. The van der Waals surface area contributed by atoms with Crippen molar-refractivity contribution in [2.75, 3.05) is 30.3 Å². The predicted octanol–water partition coefficient (Wildman–Crippen LogP) is 4.54. The van der Waals surface area contributed by atoms with Crippen LogP contribution in [0.3, 0.4) is 0 Å². The van der Waals surface area contributed by atoms with E-state index in [9.17, 15) is 18.9 Å². The molecule has 0 saturated carbocycles. The fraction of sp³-hybridized carbons (Fsp3) is 0.520. The van der Waals surface area contributed by atoms with Gasteiger partial charge in [-0.05, 0) is 70.1 Å². The molecule has 0 spiro atoms. The smallest absolute Gasteiger partial charge is 0.359 e. The Balaban J connectivity index is 2.12. The molecule has 0 saturated heterocycles. The SMILES string of the molecule is CCN(CC)CCCC(C)N(C(=O)SCCCC(=O)NC(C(=O)O)P(=O)(O)O)c1ccnc2cc(Cl)ccc12. The van der Waals surface area contributed by atoms with Gasteiger partial charge in [0.05, 0.1) is 11.2 Å². The fourth-order valence-electron chi connectivity index (χ4n) is 4.09. The van der Waals surface area contributed by atoms with Crippen molar-refractivity contribution in [1.29, 1.82) is 0 Å². The van der Waals surface area contributed by atoms with Crippen LogP contribution < -0.4 is 10.2 Å². The van der Waals surface area contributed by atoms with Crippen molar-refractivity contribution in [3.05, 3.63) is 35.5 Å². The summed E-state index contributed by atoms with van der Waals surface area (Å²) in [6.07, 6.45) is 3.30. The number of fused-ring (bicyclic) bond motifs is 1. The molecule has 0 fully saturated rings. The Morgan fingerprint density at radius 2 is 1.85 bits per heavy atom. The van der Waals surface area contributed by atoms with Crippen LogP contribution in [0.5, 0.6) is 0 Å². The van der Waals surface area contributed by atoms with E-state index < -0.39 is 25.3 Å². The van der Waals surface area contributed by atoms with Gasteiger partial charge >= 0.3 is 13.6 Å². The van der Waals surface area contributed by atoms with Crippen LogP contribution in [0.1, 0.15) is 46.5 Å². The van der Waals surface area contributed by atoms with E-state index in [-0.39, 0.29) is 29.9 Å². The first-order chi connectivity index (χ1) is 18.4. The molecule has 216 valence electrons. The molecule has 11 nitrogen and oxygen atoms in total. The molecule has 0 aliphatic rings. The van der Waals surface area contributed by atoms with Crippen LogP contribution >= 0.6 is 31.0 Å². The van der Waals surface area contributed by atoms with Crippen LogP contribution in [0, 0.1) is 0 Å². The highest BCUT2D eigenvalue weighted by atomic mass is 35.5. The molecular formula is C25H36ClN4O7PS. The van der Waals surface area contributed by atoms with Gasteiger partial charge in [0.15, 0.2) is 0 Å². The van der Waals surface area contributed by atoms with Gasteiger partial charge in [-0.3, -0.25) is 24.0 Å². The summed E-state index contributed by atoms with van der Waals surface area (Å²) in [5, 5.41) is 11.9. The number of hydrogen-bond acceptors (Lipinski definition) is 7. The zero-order valence-corrected chi connectivity index (χ0v) is 24.7. The molecule has 0 aliphatic carbocycles. The monoisotopic (exact) mass is 602 g/mol. The molecule has 2 unspecified atom stereocenters. The predicted molar refractivity (Wildman–Crippen MR) is 154 cm³/mol. The quantitative estimate of drug-likeness (QED) is 0.168. The van der Waals surface area contributed by atoms with Crippen LogP contribution in [0.15, 0.2) is 30.5 Å². The number of carbonyl (C=O) groups excluding carboxylic acids is 2. The number of pyridine rings is 1. The van der Waals surface area contributed by atoms with Crippen LogP contribution in [0.4, 0.5) is 10.5 Å². The number of benzene rings is 1. The van der Waals surface area contributed by atoms with Gasteiger partial charge in [-0.25, -0.2) is 4.79 Å². The van der Waals surface area contributed by atoms with Crippen molar-refractivity contribution in [3.8, 4) is 0 Å². The summed E-state index contributed by atoms with van der Waals surface area (Å²) in [4.78, 5) is 63.3. The first-order valence-corrected chi connectivity index (χ1v) is 15.7. The van der Waals surface area contributed by atoms with E-state index in [1.807, 2.05) is 18.3 Å². The number of carboxylic acid groups (broad SMARTS) is 1. The highest BCUT2D eigenvalue weighted by Gasteiger charge is 2.37. The van der Waals surface area contributed by atoms with E-state index in [2.05, 4.69) is 23.7 Å². The first-order valence-electron chi connectivity index (χ1n) is 12.7. The highest BCUT2D eigenvalue weighted by molar-refractivity contribution is 8.13. The molecule has 2 amide bonds. The van der Waals surface area contributed by atoms with Gasteiger partial charge < -0.3 is 25.1 Å². The third kappa shape index (κ3) is 10.0. The molecular weight excluding hydrogens is 567 g/mol. The van der Waals surface area contributed by atoms with Crippen molar-refractivity contribution in [3.63, 3.8) is 0 Å². The lowest BCUT2D eigenvalue weighted by Gasteiger charge is -2.30. The lowest BCUT2D eigenvalue weighted by molar-refractivity contribution is -0.139. The maximum Gasteiger partial charge on any atom is 0.359 e. The number of nitrogens with one attached hydrogen (secondary N) is 1. The molecule has 2 rings (SSSR count). The number of rotatable bonds is 15. The Bertz CT molecular complexity index is 1190. The maximum atomic E-state index is 13.5. The second kappa shape index (κ2) is 15.5. The molecule has 2 aromatic rings. The summed E-state index contributed by atoms with van der Waals surface area (Å²) in [6, 6.07) is 6.97. The second-order valence-electron chi connectivity index (χ2n) is 8.99. The molecule has 1 aromatic carbocycles. The van der Waals surface area contributed by atoms with Gasteiger partial charge in [-0.15, -0.1) is 0 Å². The number of aliphatic carboxylic acids is 1. The second-order valence-corrected chi connectivity index (χ2v) is 12.2. The Kier molecular flexibility index (Phi) is 13.2. The third-order valence-corrected chi connectivity index (χ3v) is 8.41. The van der Waals surface area contributed by atoms with E-state index in [0.717, 1.165) is 49.6 Å². The largest absolute Gasteiger partial charge is 0.479 e. The molecule has 4 N–H and O–H groups in total.